The van der Waals surface area contributed by atoms with Gasteiger partial charge in [0.25, 0.3) is 0 Å². The summed E-state index contributed by atoms with van der Waals surface area (Å²) in [6.45, 7) is 0. The minimum absolute atomic E-state index is 0.800. The fraction of sp³-hybridized carbons (Fsp3) is 0.400. The molecule has 11 heavy (non-hydrogen) atoms. The van der Waals surface area contributed by atoms with E-state index in [0.29, 0.717) is 0 Å². The second-order valence-corrected chi connectivity index (χ2v) is 2.00. The maximum Gasteiger partial charge on any atom is 0.347 e. The smallest absolute Gasteiger partial charge is 0.347 e. The van der Waals surface area contributed by atoms with Gasteiger partial charge in [-0.1, -0.05) is 0 Å². The SMILES string of the molecule is NC(=O)[C@H]1N=CO[C@@H]1C(=O)O. The molecule has 0 spiro atoms. The third-order valence-corrected chi connectivity index (χ3v) is 1.25. The number of carbonyl (C=O) groups excluding carboxylic acids is 1. The summed E-state index contributed by atoms with van der Waals surface area (Å²) in [7, 11) is 0. The van der Waals surface area contributed by atoms with Crippen molar-refractivity contribution < 1.29 is 19.4 Å². The molecule has 0 unspecified atom stereocenters. The average molecular weight is 158 g/mol. The molecule has 3 N–H and O–H groups in total. The maximum absolute atomic E-state index is 10.5. The zero-order valence-corrected chi connectivity index (χ0v) is 5.43. The molecule has 1 aliphatic heterocycles. The Labute approximate surface area is 61.7 Å². The van der Waals surface area contributed by atoms with Gasteiger partial charge >= 0.3 is 5.97 Å². The molecule has 0 saturated carbocycles. The van der Waals surface area contributed by atoms with Gasteiger partial charge in [0.15, 0.2) is 12.4 Å². The highest BCUT2D eigenvalue weighted by Crippen LogP contribution is 2.08. The Morgan fingerprint density at radius 3 is 2.64 bits per heavy atom. The van der Waals surface area contributed by atoms with Gasteiger partial charge in [0.2, 0.25) is 12.0 Å². The number of hydrogen-bond donors (Lipinski definition) is 2. The number of hydrogen-bond acceptors (Lipinski definition) is 4. The Bertz CT molecular complexity index is 225. The first kappa shape index (κ1) is 7.52. The summed E-state index contributed by atoms with van der Waals surface area (Å²) >= 11 is 0. The van der Waals surface area contributed by atoms with Crippen LogP contribution in [-0.2, 0) is 14.3 Å². The molecule has 0 saturated heterocycles. The average Bonchev–Trinajstić information content (AvgIpc) is 2.32. The summed E-state index contributed by atoms with van der Waals surface area (Å²) in [6, 6.07) is -1.09. The van der Waals surface area contributed by atoms with Crippen molar-refractivity contribution in [2.45, 2.75) is 12.1 Å². The standard InChI is InChI=1S/C5H6N2O4/c6-4(8)2-3(5(9)10)11-1-7-2/h1-3H,(H2,6,8)(H,9,10)/t2-,3-/m0/s1. The summed E-state index contributed by atoms with van der Waals surface area (Å²) in [5.41, 5.74) is 4.83. The topological polar surface area (TPSA) is 102 Å². The van der Waals surface area contributed by atoms with E-state index in [1.54, 1.807) is 0 Å². The number of carboxylic acids is 1. The number of aliphatic imine (C=N–C) groups is 1. The van der Waals surface area contributed by atoms with Crippen molar-refractivity contribution >= 4 is 18.3 Å². The minimum Gasteiger partial charge on any atom is -0.478 e. The molecule has 0 aromatic heterocycles. The molecule has 60 valence electrons. The number of aliphatic carboxylic acids is 1. The van der Waals surface area contributed by atoms with E-state index in [1.807, 2.05) is 0 Å². The van der Waals surface area contributed by atoms with Crippen molar-refractivity contribution in [1.29, 1.82) is 0 Å². The van der Waals surface area contributed by atoms with Crippen LogP contribution in [0.15, 0.2) is 4.99 Å². The number of rotatable bonds is 2. The first-order valence-corrected chi connectivity index (χ1v) is 2.82. The lowest BCUT2D eigenvalue weighted by Crippen LogP contribution is -2.40. The van der Waals surface area contributed by atoms with Gasteiger partial charge < -0.3 is 15.6 Å². The van der Waals surface area contributed by atoms with Crippen LogP contribution in [0.25, 0.3) is 0 Å². The zero-order valence-electron chi connectivity index (χ0n) is 5.43. The minimum atomic E-state index is -1.26. The van der Waals surface area contributed by atoms with Crippen molar-refractivity contribution in [2.75, 3.05) is 0 Å². The van der Waals surface area contributed by atoms with Crippen LogP contribution in [0.4, 0.5) is 0 Å². The lowest BCUT2D eigenvalue weighted by molar-refractivity contribution is -0.147. The molecule has 0 fully saturated rings. The predicted molar refractivity (Wildman–Crippen MR) is 34.0 cm³/mol. The van der Waals surface area contributed by atoms with E-state index >= 15 is 0 Å². The quantitative estimate of drug-likeness (QED) is 0.502. The fourth-order valence-corrected chi connectivity index (χ4v) is 0.735. The second-order valence-electron chi connectivity index (χ2n) is 2.00. The number of carboxylic acid groups (broad SMARTS) is 1. The molecular weight excluding hydrogens is 152 g/mol. The zero-order chi connectivity index (χ0) is 8.43. The second kappa shape index (κ2) is 2.57. The van der Waals surface area contributed by atoms with E-state index in [-0.39, 0.29) is 0 Å². The molecule has 1 rings (SSSR count). The highest BCUT2D eigenvalue weighted by Gasteiger charge is 2.36. The molecule has 1 amide bonds. The molecule has 0 bridgehead atoms. The maximum atomic E-state index is 10.5. The van der Waals surface area contributed by atoms with Gasteiger partial charge in [0.05, 0.1) is 0 Å². The summed E-state index contributed by atoms with van der Waals surface area (Å²) < 4.78 is 4.50. The van der Waals surface area contributed by atoms with E-state index in [0.717, 1.165) is 6.40 Å². The fourth-order valence-electron chi connectivity index (χ4n) is 0.735. The molecule has 2 atom stereocenters. The summed E-state index contributed by atoms with van der Waals surface area (Å²) in [5, 5.41) is 8.42. The molecule has 1 heterocycles. The Hall–Kier alpha value is -1.59. The number of nitrogens with zero attached hydrogens (tertiary/aromatic N) is 1. The molecule has 6 heteroatoms. The van der Waals surface area contributed by atoms with E-state index in [9.17, 15) is 9.59 Å². The van der Waals surface area contributed by atoms with Crippen molar-refractivity contribution in [3.05, 3.63) is 0 Å². The Morgan fingerprint density at radius 2 is 2.27 bits per heavy atom. The van der Waals surface area contributed by atoms with Crippen LogP contribution in [0, 0.1) is 0 Å². The summed E-state index contributed by atoms with van der Waals surface area (Å²) in [5.74, 6) is -2.04. The summed E-state index contributed by atoms with van der Waals surface area (Å²) in [6.07, 6.45) is -0.332. The number of ether oxygens (including phenoxy) is 1. The molecule has 0 aromatic carbocycles. The van der Waals surface area contributed by atoms with Crippen LogP contribution in [0.5, 0.6) is 0 Å². The van der Waals surface area contributed by atoms with Gasteiger partial charge in [-0.15, -0.1) is 0 Å². The third-order valence-electron chi connectivity index (χ3n) is 1.25. The van der Waals surface area contributed by atoms with E-state index < -0.39 is 24.0 Å². The van der Waals surface area contributed by atoms with Crippen molar-refractivity contribution in [1.82, 2.24) is 0 Å². The van der Waals surface area contributed by atoms with Gasteiger partial charge in [-0.25, -0.2) is 9.79 Å². The number of carbonyl (C=O) groups is 2. The predicted octanol–water partition coefficient (Wildman–Crippen LogP) is -1.65. The van der Waals surface area contributed by atoms with E-state index in [2.05, 4.69) is 9.73 Å². The number of primary amides is 1. The van der Waals surface area contributed by atoms with Gasteiger partial charge in [-0.3, -0.25) is 4.79 Å². The van der Waals surface area contributed by atoms with Crippen LogP contribution in [0.1, 0.15) is 0 Å². The van der Waals surface area contributed by atoms with Gasteiger partial charge in [-0.2, -0.15) is 0 Å². The lowest BCUT2D eigenvalue weighted by Gasteiger charge is -2.07. The molecular formula is C5H6N2O4. The Morgan fingerprint density at radius 1 is 1.64 bits per heavy atom. The van der Waals surface area contributed by atoms with Crippen molar-refractivity contribution in [3.8, 4) is 0 Å². The highest BCUT2D eigenvalue weighted by atomic mass is 16.5. The largest absolute Gasteiger partial charge is 0.478 e. The summed E-state index contributed by atoms with van der Waals surface area (Å²) in [4.78, 5) is 24.2. The molecule has 0 aliphatic carbocycles. The normalized spacial score (nSPS) is 28.0. The molecule has 0 aromatic rings. The monoisotopic (exact) mass is 158 g/mol. The Balaban J connectivity index is 2.71. The van der Waals surface area contributed by atoms with E-state index in [4.69, 9.17) is 10.8 Å². The van der Waals surface area contributed by atoms with Crippen LogP contribution in [0.2, 0.25) is 0 Å². The van der Waals surface area contributed by atoms with Crippen LogP contribution in [-0.4, -0.2) is 35.5 Å². The number of nitrogens with two attached hydrogens (primary N) is 1. The van der Waals surface area contributed by atoms with Gasteiger partial charge in [-0.05, 0) is 0 Å². The first-order valence-electron chi connectivity index (χ1n) is 2.82. The van der Waals surface area contributed by atoms with Crippen LogP contribution >= 0.6 is 0 Å². The van der Waals surface area contributed by atoms with Crippen molar-refractivity contribution in [2.24, 2.45) is 10.7 Å². The third kappa shape index (κ3) is 1.28. The van der Waals surface area contributed by atoms with Crippen LogP contribution < -0.4 is 5.73 Å². The lowest BCUT2D eigenvalue weighted by atomic mass is 10.2. The van der Waals surface area contributed by atoms with Crippen molar-refractivity contribution in [3.63, 3.8) is 0 Å². The van der Waals surface area contributed by atoms with E-state index in [1.165, 1.54) is 0 Å². The molecule has 6 nitrogen and oxygen atoms in total. The number of amides is 1. The first-order chi connectivity index (χ1) is 5.13. The van der Waals surface area contributed by atoms with Gasteiger partial charge in [0.1, 0.15) is 0 Å². The molecule has 0 radical (unpaired) electrons. The Kier molecular flexibility index (Phi) is 1.75. The molecule has 1 aliphatic rings. The van der Waals surface area contributed by atoms with Gasteiger partial charge in [0, 0.05) is 0 Å². The highest BCUT2D eigenvalue weighted by molar-refractivity contribution is 5.90. The van der Waals surface area contributed by atoms with Crippen LogP contribution in [0.3, 0.4) is 0 Å².